The number of aliphatic hydroxyl groups is 1. The van der Waals surface area contributed by atoms with Crippen LogP contribution in [0.4, 0.5) is 4.39 Å². The summed E-state index contributed by atoms with van der Waals surface area (Å²) in [4.78, 5) is 18.7. The van der Waals surface area contributed by atoms with E-state index >= 15 is 0 Å². The van der Waals surface area contributed by atoms with Crippen molar-refractivity contribution in [3.63, 3.8) is 0 Å². The van der Waals surface area contributed by atoms with Gasteiger partial charge >= 0.3 is 0 Å². The molecule has 3 rings (SSSR count). The first-order valence-electron chi connectivity index (χ1n) is 9.08. The highest BCUT2D eigenvalue weighted by molar-refractivity contribution is 5.92. The quantitative estimate of drug-likeness (QED) is 0.911. The molecule has 0 atom stereocenters. The monoisotopic (exact) mass is 356 g/mol. The lowest BCUT2D eigenvalue weighted by Gasteiger charge is -2.38. The second-order valence-electron chi connectivity index (χ2n) is 7.45. The zero-order chi connectivity index (χ0) is 18.7. The maximum atomic E-state index is 13.0. The van der Waals surface area contributed by atoms with E-state index in [0.717, 1.165) is 11.1 Å². The van der Waals surface area contributed by atoms with E-state index in [1.54, 1.807) is 29.3 Å². The van der Waals surface area contributed by atoms with Gasteiger partial charge in [-0.2, -0.15) is 0 Å². The van der Waals surface area contributed by atoms with Crippen LogP contribution in [0.5, 0.6) is 0 Å². The van der Waals surface area contributed by atoms with Crippen LogP contribution in [0.15, 0.2) is 42.6 Å². The van der Waals surface area contributed by atoms with Crippen molar-refractivity contribution in [1.29, 1.82) is 0 Å². The Bertz CT molecular complexity index is 749. The molecule has 1 N–H and O–H groups in total. The molecule has 0 unspecified atom stereocenters. The van der Waals surface area contributed by atoms with E-state index in [9.17, 15) is 14.3 Å². The Morgan fingerprint density at radius 2 is 1.85 bits per heavy atom. The van der Waals surface area contributed by atoms with Crippen molar-refractivity contribution in [3.05, 3.63) is 65.2 Å². The van der Waals surface area contributed by atoms with Gasteiger partial charge in [-0.15, -0.1) is 0 Å². The fraction of sp³-hybridized carbons (Fsp3) is 0.429. The number of nitrogens with zero attached hydrogens (tertiary/aromatic N) is 2. The van der Waals surface area contributed by atoms with Crippen LogP contribution < -0.4 is 0 Å². The van der Waals surface area contributed by atoms with Crippen LogP contribution in [0.1, 0.15) is 54.2 Å². The van der Waals surface area contributed by atoms with Crippen molar-refractivity contribution in [2.45, 2.75) is 44.6 Å². The molecule has 1 aliphatic rings. The highest BCUT2D eigenvalue weighted by atomic mass is 19.1. The molecule has 1 amide bonds. The third-order valence-electron chi connectivity index (χ3n) is 5.10. The Morgan fingerprint density at radius 3 is 2.38 bits per heavy atom. The van der Waals surface area contributed by atoms with Gasteiger partial charge in [-0.05, 0) is 48.1 Å². The normalized spacial score (nSPS) is 16.7. The van der Waals surface area contributed by atoms with E-state index in [1.807, 2.05) is 6.07 Å². The molecule has 0 spiro atoms. The van der Waals surface area contributed by atoms with Gasteiger partial charge in [0.15, 0.2) is 0 Å². The number of halogens is 1. The third-order valence-corrected chi connectivity index (χ3v) is 5.10. The van der Waals surface area contributed by atoms with Gasteiger partial charge in [-0.3, -0.25) is 9.78 Å². The zero-order valence-corrected chi connectivity index (χ0v) is 15.3. The first-order chi connectivity index (χ1) is 12.4. The number of piperidine rings is 1. The first kappa shape index (κ1) is 18.5. The predicted molar refractivity (Wildman–Crippen MR) is 98.5 cm³/mol. The van der Waals surface area contributed by atoms with Crippen molar-refractivity contribution in [2.24, 2.45) is 0 Å². The van der Waals surface area contributed by atoms with Crippen LogP contribution in [-0.2, 0) is 6.42 Å². The molecule has 138 valence electrons. The second kappa shape index (κ2) is 7.54. The van der Waals surface area contributed by atoms with Gasteiger partial charge in [-0.1, -0.05) is 32.0 Å². The van der Waals surface area contributed by atoms with Gasteiger partial charge in [0.1, 0.15) is 11.5 Å². The van der Waals surface area contributed by atoms with Gasteiger partial charge in [0.05, 0.1) is 5.60 Å². The van der Waals surface area contributed by atoms with Crippen LogP contribution in [0, 0.1) is 5.82 Å². The van der Waals surface area contributed by atoms with Crippen LogP contribution in [0.3, 0.4) is 0 Å². The lowest BCUT2D eigenvalue weighted by molar-refractivity contribution is -0.0163. The molecular formula is C21H25FN2O2. The molecule has 26 heavy (non-hydrogen) atoms. The number of rotatable bonds is 4. The summed E-state index contributed by atoms with van der Waals surface area (Å²) in [6.45, 7) is 5.16. The van der Waals surface area contributed by atoms with E-state index < -0.39 is 5.60 Å². The van der Waals surface area contributed by atoms with E-state index in [-0.39, 0.29) is 11.7 Å². The third kappa shape index (κ3) is 4.28. The fourth-order valence-electron chi connectivity index (χ4n) is 3.32. The zero-order valence-electron chi connectivity index (χ0n) is 15.3. The number of likely N-dealkylation sites (tertiary alicyclic amines) is 1. The lowest BCUT2D eigenvalue weighted by atomic mass is 9.85. The highest BCUT2D eigenvalue weighted by Gasteiger charge is 2.34. The molecule has 0 saturated carbocycles. The number of amides is 1. The molecular weight excluding hydrogens is 331 g/mol. The second-order valence-corrected chi connectivity index (χ2v) is 7.45. The SMILES string of the molecule is CC(C)c1ccc(C(=O)N2CCC(O)(Cc3ccc(F)cc3)CC2)nc1. The summed E-state index contributed by atoms with van der Waals surface area (Å²) >= 11 is 0. The van der Waals surface area contributed by atoms with Crippen molar-refractivity contribution >= 4 is 5.91 Å². The molecule has 1 aromatic carbocycles. The average molecular weight is 356 g/mol. The number of carbonyl (C=O) groups excluding carboxylic acids is 1. The summed E-state index contributed by atoms with van der Waals surface area (Å²) in [7, 11) is 0. The number of aromatic nitrogens is 1. The van der Waals surface area contributed by atoms with Crippen molar-refractivity contribution in [2.75, 3.05) is 13.1 Å². The number of hydrogen-bond acceptors (Lipinski definition) is 3. The molecule has 0 radical (unpaired) electrons. The lowest BCUT2D eigenvalue weighted by Crippen LogP contribution is -2.47. The molecule has 4 nitrogen and oxygen atoms in total. The van der Waals surface area contributed by atoms with Crippen LogP contribution >= 0.6 is 0 Å². The van der Waals surface area contributed by atoms with Gasteiger partial charge in [0.2, 0.25) is 0 Å². The van der Waals surface area contributed by atoms with E-state index in [4.69, 9.17) is 0 Å². The van der Waals surface area contributed by atoms with Gasteiger partial charge in [-0.25, -0.2) is 4.39 Å². The van der Waals surface area contributed by atoms with Crippen LogP contribution in [-0.4, -0.2) is 39.6 Å². The minimum atomic E-state index is -0.858. The van der Waals surface area contributed by atoms with Gasteiger partial charge < -0.3 is 10.0 Å². The summed E-state index contributed by atoms with van der Waals surface area (Å²) in [6.07, 6.45) is 3.23. The Hall–Kier alpha value is -2.27. The van der Waals surface area contributed by atoms with E-state index in [1.165, 1.54) is 12.1 Å². The van der Waals surface area contributed by atoms with Gasteiger partial charge in [0.25, 0.3) is 5.91 Å². The molecule has 5 heteroatoms. The van der Waals surface area contributed by atoms with Gasteiger partial charge in [0, 0.05) is 25.7 Å². The minimum absolute atomic E-state index is 0.0934. The summed E-state index contributed by atoms with van der Waals surface area (Å²) in [5.74, 6) is 0.00406. The molecule has 1 aliphatic heterocycles. The molecule has 1 fully saturated rings. The van der Waals surface area contributed by atoms with E-state index in [0.29, 0.717) is 44.0 Å². The Labute approximate surface area is 153 Å². The van der Waals surface area contributed by atoms with Crippen molar-refractivity contribution in [1.82, 2.24) is 9.88 Å². The van der Waals surface area contributed by atoms with E-state index in [2.05, 4.69) is 18.8 Å². The smallest absolute Gasteiger partial charge is 0.272 e. The topological polar surface area (TPSA) is 53.4 Å². The standard InChI is InChI=1S/C21H25FN2O2/c1-15(2)17-5-8-19(23-14-17)20(25)24-11-9-21(26,10-12-24)13-16-3-6-18(22)7-4-16/h3-8,14-15,26H,9-13H2,1-2H3. The fourth-order valence-corrected chi connectivity index (χ4v) is 3.32. The number of hydrogen-bond donors (Lipinski definition) is 1. The van der Waals surface area contributed by atoms with Crippen LogP contribution in [0.25, 0.3) is 0 Å². The van der Waals surface area contributed by atoms with Crippen LogP contribution in [0.2, 0.25) is 0 Å². The molecule has 1 saturated heterocycles. The average Bonchev–Trinajstić information content (AvgIpc) is 2.64. The summed E-state index contributed by atoms with van der Waals surface area (Å²) < 4.78 is 13.0. The Morgan fingerprint density at radius 1 is 1.19 bits per heavy atom. The largest absolute Gasteiger partial charge is 0.389 e. The summed E-state index contributed by atoms with van der Waals surface area (Å²) in [6, 6.07) is 9.93. The number of benzene rings is 1. The van der Waals surface area contributed by atoms with Crippen molar-refractivity contribution in [3.8, 4) is 0 Å². The maximum absolute atomic E-state index is 13.0. The highest BCUT2D eigenvalue weighted by Crippen LogP contribution is 2.27. The number of pyridine rings is 1. The molecule has 2 aromatic rings. The molecule has 0 bridgehead atoms. The Kier molecular flexibility index (Phi) is 5.37. The summed E-state index contributed by atoms with van der Waals surface area (Å²) in [5, 5.41) is 10.8. The Balaban J connectivity index is 1.60. The molecule has 1 aromatic heterocycles. The summed E-state index contributed by atoms with van der Waals surface area (Å²) in [5.41, 5.74) is 1.59. The predicted octanol–water partition coefficient (Wildman–Crippen LogP) is 3.55. The first-order valence-corrected chi connectivity index (χ1v) is 9.08. The molecule has 0 aliphatic carbocycles. The molecule has 2 heterocycles. The van der Waals surface area contributed by atoms with Crippen molar-refractivity contribution < 1.29 is 14.3 Å². The minimum Gasteiger partial charge on any atom is -0.389 e. The number of carbonyl (C=O) groups is 1. The maximum Gasteiger partial charge on any atom is 0.272 e.